The summed E-state index contributed by atoms with van der Waals surface area (Å²) in [5, 5.41) is 0. The molecule has 0 aromatic heterocycles. The Morgan fingerprint density at radius 1 is 1.21 bits per heavy atom. The summed E-state index contributed by atoms with van der Waals surface area (Å²) in [6.45, 7) is 0.186. The van der Waals surface area contributed by atoms with Gasteiger partial charge in [-0.15, -0.1) is 12.4 Å². The topological polar surface area (TPSA) is 72.2 Å². The number of nitrogens with one attached hydrogen (secondary N) is 1. The molecule has 0 bridgehead atoms. The van der Waals surface area contributed by atoms with Crippen LogP contribution in [0, 0.1) is 0 Å². The maximum Gasteiger partial charge on any atom is 0.389 e. The van der Waals surface area contributed by atoms with Crippen LogP contribution in [0.15, 0.2) is 0 Å². The molecule has 1 saturated carbocycles. The highest BCUT2D eigenvalue weighted by Gasteiger charge is 2.36. The summed E-state index contributed by atoms with van der Waals surface area (Å²) in [7, 11) is -3.69. The zero-order valence-corrected chi connectivity index (χ0v) is 12.1. The lowest BCUT2D eigenvalue weighted by atomic mass is 10.0. The van der Waals surface area contributed by atoms with Gasteiger partial charge in [-0.05, 0) is 19.3 Å². The molecule has 3 N–H and O–H groups in total. The molecule has 0 atom stereocenters. The smallest absolute Gasteiger partial charge is 0.329 e. The van der Waals surface area contributed by atoms with Crippen molar-refractivity contribution in [1.82, 2.24) is 4.72 Å². The summed E-state index contributed by atoms with van der Waals surface area (Å²) in [6.07, 6.45) is -2.72. The minimum atomic E-state index is -4.31. The number of alkyl halides is 3. The molecule has 1 rings (SSSR count). The Labute approximate surface area is 117 Å². The molecule has 1 fully saturated rings. The van der Waals surface area contributed by atoms with Gasteiger partial charge in [0.15, 0.2) is 0 Å². The van der Waals surface area contributed by atoms with Gasteiger partial charge in [-0.1, -0.05) is 12.8 Å². The van der Waals surface area contributed by atoms with Crippen LogP contribution < -0.4 is 10.5 Å². The second kappa shape index (κ2) is 7.10. The SMILES string of the molecule is Cl.NCC1(NS(=O)(=O)CCCC(F)(F)F)CCCC1. The zero-order valence-electron chi connectivity index (χ0n) is 10.5. The molecule has 116 valence electrons. The number of hydrogen-bond acceptors (Lipinski definition) is 3. The van der Waals surface area contributed by atoms with E-state index in [0.29, 0.717) is 12.8 Å². The van der Waals surface area contributed by atoms with Crippen LogP contribution in [0.3, 0.4) is 0 Å². The van der Waals surface area contributed by atoms with Gasteiger partial charge in [0.2, 0.25) is 10.0 Å². The van der Waals surface area contributed by atoms with Crippen LogP contribution in [0.5, 0.6) is 0 Å². The maximum absolute atomic E-state index is 11.9. The standard InChI is InChI=1S/C10H19F3N2O2S.ClH/c11-10(12,13)6-3-7-18(16,17)15-9(8-14)4-1-2-5-9;/h15H,1-8,14H2;1H. The van der Waals surface area contributed by atoms with Crippen LogP contribution >= 0.6 is 12.4 Å². The third kappa shape index (κ3) is 6.78. The molecule has 1 aliphatic rings. The summed E-state index contributed by atoms with van der Waals surface area (Å²) in [5.41, 5.74) is 4.93. The van der Waals surface area contributed by atoms with Crippen molar-refractivity contribution in [3.8, 4) is 0 Å². The fraction of sp³-hybridized carbons (Fsp3) is 1.00. The highest BCUT2D eigenvalue weighted by Crippen LogP contribution is 2.29. The average molecular weight is 325 g/mol. The summed E-state index contributed by atoms with van der Waals surface area (Å²) in [6, 6.07) is 0. The number of halogens is 4. The van der Waals surface area contributed by atoms with Crippen LogP contribution in [0.25, 0.3) is 0 Å². The Morgan fingerprint density at radius 2 is 1.74 bits per heavy atom. The minimum absolute atomic E-state index is 0. The summed E-state index contributed by atoms with van der Waals surface area (Å²) in [5.74, 6) is -0.506. The van der Waals surface area contributed by atoms with Gasteiger partial charge in [0.1, 0.15) is 0 Å². The van der Waals surface area contributed by atoms with E-state index in [9.17, 15) is 21.6 Å². The van der Waals surface area contributed by atoms with Gasteiger partial charge < -0.3 is 5.73 Å². The Balaban J connectivity index is 0.00000324. The predicted molar refractivity (Wildman–Crippen MR) is 69.7 cm³/mol. The van der Waals surface area contributed by atoms with E-state index in [2.05, 4.69) is 4.72 Å². The zero-order chi connectivity index (χ0) is 13.9. The van der Waals surface area contributed by atoms with Crippen molar-refractivity contribution in [2.75, 3.05) is 12.3 Å². The highest BCUT2D eigenvalue weighted by molar-refractivity contribution is 7.89. The molecule has 1 aliphatic carbocycles. The van der Waals surface area contributed by atoms with Crippen LogP contribution in [-0.4, -0.2) is 32.4 Å². The van der Waals surface area contributed by atoms with Crippen LogP contribution in [0.4, 0.5) is 13.2 Å². The number of hydrogen-bond donors (Lipinski definition) is 2. The van der Waals surface area contributed by atoms with Gasteiger partial charge in [0.05, 0.1) is 5.75 Å². The third-order valence-corrected chi connectivity index (χ3v) is 4.77. The van der Waals surface area contributed by atoms with E-state index in [-0.39, 0.29) is 19.0 Å². The molecule has 0 unspecified atom stereocenters. The largest absolute Gasteiger partial charge is 0.389 e. The van der Waals surface area contributed by atoms with Crippen molar-refractivity contribution >= 4 is 22.4 Å². The molecular weight excluding hydrogens is 305 g/mol. The quantitative estimate of drug-likeness (QED) is 0.784. The predicted octanol–water partition coefficient (Wildman–Crippen LogP) is 1.94. The molecule has 4 nitrogen and oxygen atoms in total. The molecule has 0 spiro atoms. The van der Waals surface area contributed by atoms with Crippen LogP contribution in [0.2, 0.25) is 0 Å². The van der Waals surface area contributed by atoms with Crippen LogP contribution in [-0.2, 0) is 10.0 Å². The molecule has 0 amide bonds. The average Bonchev–Trinajstić information content (AvgIpc) is 2.63. The van der Waals surface area contributed by atoms with Gasteiger partial charge in [-0.3, -0.25) is 0 Å². The molecule has 0 radical (unpaired) electrons. The first-order valence-electron chi connectivity index (χ1n) is 5.97. The number of sulfonamides is 1. The van der Waals surface area contributed by atoms with Crippen molar-refractivity contribution in [2.24, 2.45) is 5.73 Å². The Bertz CT molecular complexity index is 367. The van der Waals surface area contributed by atoms with Crippen LogP contribution in [0.1, 0.15) is 38.5 Å². The first-order chi connectivity index (χ1) is 8.18. The fourth-order valence-electron chi connectivity index (χ4n) is 2.24. The Morgan fingerprint density at radius 3 is 2.16 bits per heavy atom. The molecule has 0 aromatic carbocycles. The maximum atomic E-state index is 11.9. The molecule has 0 saturated heterocycles. The van der Waals surface area contributed by atoms with E-state index in [1.807, 2.05) is 0 Å². The second-order valence-corrected chi connectivity index (χ2v) is 6.67. The lowest BCUT2D eigenvalue weighted by Crippen LogP contribution is -2.52. The molecule has 0 aliphatic heterocycles. The third-order valence-electron chi connectivity index (χ3n) is 3.20. The monoisotopic (exact) mass is 324 g/mol. The first-order valence-corrected chi connectivity index (χ1v) is 7.62. The molecule has 0 aromatic rings. The van der Waals surface area contributed by atoms with E-state index in [0.717, 1.165) is 12.8 Å². The minimum Gasteiger partial charge on any atom is -0.329 e. The Hall–Kier alpha value is -0.0500. The molecule has 19 heavy (non-hydrogen) atoms. The fourth-order valence-corrected chi connectivity index (χ4v) is 3.82. The number of rotatable bonds is 6. The van der Waals surface area contributed by atoms with E-state index >= 15 is 0 Å². The normalized spacial score (nSPS) is 19.2. The lowest BCUT2D eigenvalue weighted by molar-refractivity contribution is -0.134. The van der Waals surface area contributed by atoms with Crippen molar-refractivity contribution in [3.05, 3.63) is 0 Å². The van der Waals surface area contributed by atoms with E-state index in [1.54, 1.807) is 0 Å². The van der Waals surface area contributed by atoms with Crippen molar-refractivity contribution in [1.29, 1.82) is 0 Å². The lowest BCUT2D eigenvalue weighted by Gasteiger charge is -2.28. The summed E-state index contributed by atoms with van der Waals surface area (Å²) >= 11 is 0. The van der Waals surface area contributed by atoms with E-state index < -0.39 is 40.3 Å². The Kier molecular flexibility index (Phi) is 7.08. The van der Waals surface area contributed by atoms with Gasteiger partial charge in [0.25, 0.3) is 0 Å². The van der Waals surface area contributed by atoms with Gasteiger partial charge >= 0.3 is 6.18 Å². The first kappa shape index (κ1) is 18.9. The highest BCUT2D eigenvalue weighted by atomic mass is 35.5. The van der Waals surface area contributed by atoms with Crippen molar-refractivity contribution in [3.63, 3.8) is 0 Å². The summed E-state index contributed by atoms with van der Waals surface area (Å²) in [4.78, 5) is 0. The van der Waals surface area contributed by atoms with Crippen molar-refractivity contribution in [2.45, 2.75) is 50.2 Å². The van der Waals surface area contributed by atoms with Gasteiger partial charge in [-0.25, -0.2) is 13.1 Å². The van der Waals surface area contributed by atoms with Gasteiger partial charge in [-0.2, -0.15) is 13.2 Å². The second-order valence-electron chi connectivity index (χ2n) is 4.83. The molecule has 9 heteroatoms. The van der Waals surface area contributed by atoms with E-state index in [1.165, 1.54) is 0 Å². The summed E-state index contributed by atoms with van der Waals surface area (Å²) < 4.78 is 61.7. The molecule has 0 heterocycles. The van der Waals surface area contributed by atoms with E-state index in [4.69, 9.17) is 5.73 Å². The molecular formula is C10H20ClF3N2O2S. The van der Waals surface area contributed by atoms with Gasteiger partial charge in [0, 0.05) is 18.5 Å². The number of nitrogens with two attached hydrogens (primary N) is 1. The van der Waals surface area contributed by atoms with Crippen molar-refractivity contribution < 1.29 is 21.6 Å².